The Morgan fingerprint density at radius 2 is 1.57 bits per heavy atom. The van der Waals surface area contributed by atoms with E-state index < -0.39 is 0 Å². The van der Waals surface area contributed by atoms with E-state index in [9.17, 15) is 4.79 Å². The van der Waals surface area contributed by atoms with Crippen molar-refractivity contribution in [3.63, 3.8) is 0 Å². The molecule has 1 amide bonds. The Labute approximate surface area is 214 Å². The number of benzene rings is 2. The van der Waals surface area contributed by atoms with Crippen LogP contribution in [0.1, 0.15) is 51.5 Å². The van der Waals surface area contributed by atoms with Gasteiger partial charge in [-0.1, -0.05) is 35.4 Å². The van der Waals surface area contributed by atoms with Crippen LogP contribution in [0.3, 0.4) is 0 Å². The highest BCUT2D eigenvalue weighted by Gasteiger charge is 2.31. The van der Waals surface area contributed by atoms with Crippen molar-refractivity contribution in [3.8, 4) is 5.69 Å². The molecule has 1 aromatic heterocycles. The van der Waals surface area contributed by atoms with Crippen molar-refractivity contribution in [1.29, 1.82) is 0 Å². The molecule has 2 saturated heterocycles. The Hall–Kier alpha value is -2.83. The minimum Gasteiger partial charge on any atom is -0.368 e. The summed E-state index contributed by atoms with van der Waals surface area (Å²) in [5.41, 5.74) is 7.95. The topological polar surface area (TPSA) is 53.4 Å². The number of piperidine rings is 1. The summed E-state index contributed by atoms with van der Waals surface area (Å²) in [4.78, 5) is 18.2. The van der Waals surface area contributed by atoms with Gasteiger partial charge in [0.1, 0.15) is 0 Å². The van der Waals surface area contributed by atoms with Gasteiger partial charge < -0.3 is 15.1 Å². The van der Waals surface area contributed by atoms with Crippen molar-refractivity contribution < 1.29 is 4.79 Å². The van der Waals surface area contributed by atoms with Gasteiger partial charge in [0, 0.05) is 37.8 Å². The summed E-state index contributed by atoms with van der Waals surface area (Å²) in [5, 5.41) is 8.18. The Kier molecular flexibility index (Phi) is 7.82. The van der Waals surface area contributed by atoms with Crippen molar-refractivity contribution in [2.24, 2.45) is 0 Å². The van der Waals surface area contributed by atoms with Crippen molar-refractivity contribution >= 4 is 24.0 Å². The first-order valence-electron chi connectivity index (χ1n) is 12.5. The number of aromatic nitrogens is 2. The van der Waals surface area contributed by atoms with Crippen LogP contribution in [0.15, 0.2) is 48.7 Å². The Morgan fingerprint density at radius 1 is 0.914 bits per heavy atom. The summed E-state index contributed by atoms with van der Waals surface area (Å²) in [6.45, 7) is 11.5. The number of amides is 1. The van der Waals surface area contributed by atoms with Crippen LogP contribution < -0.4 is 10.2 Å². The number of halogens is 1. The SMILES string of the molecule is Cc1ccc(-n2ncc(C(=O)N3CCN(c4ccc(C)cc4C)CC3)c2C2CCNCC2)cc1.Cl. The van der Waals surface area contributed by atoms with Crippen LogP contribution in [0, 0.1) is 20.8 Å². The fraction of sp³-hybridized carbons (Fsp3) is 0.429. The molecular weight excluding hydrogens is 458 g/mol. The third-order valence-corrected chi connectivity index (χ3v) is 7.30. The van der Waals surface area contributed by atoms with E-state index in [1.165, 1.54) is 22.4 Å². The highest BCUT2D eigenvalue weighted by Crippen LogP contribution is 2.31. The van der Waals surface area contributed by atoms with Gasteiger partial charge in [-0.2, -0.15) is 5.10 Å². The van der Waals surface area contributed by atoms with Gasteiger partial charge in [-0.3, -0.25) is 4.79 Å². The third kappa shape index (κ3) is 5.24. The molecule has 7 heteroatoms. The maximum atomic E-state index is 13.8. The lowest BCUT2D eigenvalue weighted by Gasteiger charge is -2.37. The van der Waals surface area contributed by atoms with Gasteiger partial charge in [0.15, 0.2) is 0 Å². The number of anilines is 1. The van der Waals surface area contributed by atoms with E-state index in [0.717, 1.165) is 69.1 Å². The molecule has 3 heterocycles. The second-order valence-electron chi connectivity index (χ2n) is 9.78. The number of aryl methyl sites for hydroxylation is 3. The van der Waals surface area contributed by atoms with Crippen molar-refractivity contribution in [1.82, 2.24) is 20.0 Å². The molecule has 186 valence electrons. The molecule has 2 fully saturated rings. The zero-order chi connectivity index (χ0) is 23.7. The number of nitrogens with one attached hydrogen (secondary N) is 1. The number of carbonyl (C=O) groups is 1. The van der Waals surface area contributed by atoms with Gasteiger partial charge in [-0.15, -0.1) is 12.4 Å². The molecule has 0 spiro atoms. The summed E-state index contributed by atoms with van der Waals surface area (Å²) in [6, 6.07) is 15.0. The van der Waals surface area contributed by atoms with Crippen LogP contribution in [-0.2, 0) is 0 Å². The van der Waals surface area contributed by atoms with Crippen LogP contribution in [0.4, 0.5) is 5.69 Å². The van der Waals surface area contributed by atoms with Crippen LogP contribution in [0.5, 0.6) is 0 Å². The number of hydrogen-bond acceptors (Lipinski definition) is 4. The second-order valence-corrected chi connectivity index (χ2v) is 9.78. The molecule has 6 nitrogen and oxygen atoms in total. The lowest BCUT2D eigenvalue weighted by Crippen LogP contribution is -2.49. The number of piperazine rings is 1. The van der Waals surface area contributed by atoms with Crippen LogP contribution in [-0.4, -0.2) is 59.9 Å². The van der Waals surface area contributed by atoms with Gasteiger partial charge in [0.05, 0.1) is 23.1 Å². The molecule has 0 radical (unpaired) electrons. The average Bonchev–Trinajstić information content (AvgIpc) is 3.30. The number of carbonyl (C=O) groups excluding carboxylic acids is 1. The van der Waals surface area contributed by atoms with Gasteiger partial charge in [-0.05, 0) is 70.5 Å². The predicted octanol–water partition coefficient (Wildman–Crippen LogP) is 4.65. The van der Waals surface area contributed by atoms with Gasteiger partial charge in [0.25, 0.3) is 5.91 Å². The molecule has 35 heavy (non-hydrogen) atoms. The quantitative estimate of drug-likeness (QED) is 0.575. The Morgan fingerprint density at radius 3 is 2.23 bits per heavy atom. The van der Waals surface area contributed by atoms with E-state index in [2.05, 4.69) is 73.5 Å². The van der Waals surface area contributed by atoms with Crippen molar-refractivity contribution in [3.05, 3.63) is 76.6 Å². The fourth-order valence-electron chi connectivity index (χ4n) is 5.38. The Balaban J connectivity index is 0.00000289. The normalized spacial score (nSPS) is 16.8. The molecule has 1 N–H and O–H groups in total. The van der Waals surface area contributed by atoms with Gasteiger partial charge in [0.2, 0.25) is 0 Å². The van der Waals surface area contributed by atoms with Crippen LogP contribution in [0.2, 0.25) is 0 Å². The standard InChI is InChI=1S/C28H35N5O.ClH/c1-20-4-7-24(8-5-20)33-27(23-10-12-29-13-11-23)25(19-30-33)28(34)32-16-14-31(15-17-32)26-9-6-21(2)18-22(26)3;/h4-9,18-19,23,29H,10-17H2,1-3H3;1H. The molecule has 0 saturated carbocycles. The predicted molar refractivity (Wildman–Crippen MR) is 144 cm³/mol. The molecule has 2 aliphatic heterocycles. The summed E-state index contributed by atoms with van der Waals surface area (Å²) >= 11 is 0. The fourth-order valence-corrected chi connectivity index (χ4v) is 5.38. The zero-order valence-electron chi connectivity index (χ0n) is 21.0. The summed E-state index contributed by atoms with van der Waals surface area (Å²) in [6.07, 6.45) is 3.85. The highest BCUT2D eigenvalue weighted by molar-refractivity contribution is 5.95. The first-order valence-corrected chi connectivity index (χ1v) is 12.5. The van der Waals surface area contributed by atoms with E-state index in [0.29, 0.717) is 5.92 Å². The van der Waals surface area contributed by atoms with E-state index in [1.807, 2.05) is 9.58 Å². The largest absolute Gasteiger partial charge is 0.368 e. The number of rotatable bonds is 4. The molecule has 0 aliphatic carbocycles. The lowest BCUT2D eigenvalue weighted by atomic mass is 9.91. The van der Waals surface area contributed by atoms with Gasteiger partial charge >= 0.3 is 0 Å². The molecule has 0 bridgehead atoms. The van der Waals surface area contributed by atoms with Crippen molar-refractivity contribution in [2.45, 2.75) is 39.5 Å². The molecular formula is C28H36ClN5O. The smallest absolute Gasteiger partial charge is 0.257 e. The molecule has 0 atom stereocenters. The minimum absolute atomic E-state index is 0. The van der Waals surface area contributed by atoms with Crippen LogP contribution >= 0.6 is 12.4 Å². The molecule has 3 aromatic rings. The molecule has 2 aromatic carbocycles. The second kappa shape index (κ2) is 10.8. The van der Waals surface area contributed by atoms with Crippen LogP contribution in [0.25, 0.3) is 5.69 Å². The molecule has 0 unspecified atom stereocenters. The van der Waals surface area contributed by atoms with E-state index in [-0.39, 0.29) is 18.3 Å². The number of nitrogens with zero attached hydrogens (tertiary/aromatic N) is 4. The first-order chi connectivity index (χ1) is 16.5. The Bertz CT molecular complexity index is 1160. The molecule has 5 rings (SSSR count). The van der Waals surface area contributed by atoms with E-state index in [4.69, 9.17) is 5.10 Å². The summed E-state index contributed by atoms with van der Waals surface area (Å²) in [7, 11) is 0. The monoisotopic (exact) mass is 493 g/mol. The maximum Gasteiger partial charge on any atom is 0.257 e. The first kappa shape index (κ1) is 25.3. The lowest BCUT2D eigenvalue weighted by molar-refractivity contribution is 0.0744. The third-order valence-electron chi connectivity index (χ3n) is 7.30. The highest BCUT2D eigenvalue weighted by atomic mass is 35.5. The minimum atomic E-state index is 0. The van der Waals surface area contributed by atoms with E-state index in [1.54, 1.807) is 6.20 Å². The van der Waals surface area contributed by atoms with Gasteiger partial charge in [-0.25, -0.2) is 4.68 Å². The van der Waals surface area contributed by atoms with E-state index >= 15 is 0 Å². The van der Waals surface area contributed by atoms with Crippen molar-refractivity contribution in [2.75, 3.05) is 44.2 Å². The molecule has 2 aliphatic rings. The average molecular weight is 494 g/mol. The summed E-state index contributed by atoms with van der Waals surface area (Å²) in [5.74, 6) is 0.452. The zero-order valence-corrected chi connectivity index (χ0v) is 21.8. The summed E-state index contributed by atoms with van der Waals surface area (Å²) < 4.78 is 2.01. The number of hydrogen-bond donors (Lipinski definition) is 1. The maximum absolute atomic E-state index is 13.8.